The quantitative estimate of drug-likeness (QED) is 0.492. The van der Waals surface area contributed by atoms with Crippen LogP contribution in [0.2, 0.25) is 4.34 Å². The van der Waals surface area contributed by atoms with E-state index in [1.807, 2.05) is 41.1 Å². The molecular formula is C18H15ClN4OS2. The molecule has 0 aliphatic heterocycles. The maximum atomic E-state index is 12.8. The Labute approximate surface area is 162 Å². The van der Waals surface area contributed by atoms with Crippen LogP contribution in [0.15, 0.2) is 58.1 Å². The summed E-state index contributed by atoms with van der Waals surface area (Å²) in [6.45, 7) is 1.21. The van der Waals surface area contributed by atoms with Gasteiger partial charge in [0.1, 0.15) is 5.82 Å². The zero-order valence-corrected chi connectivity index (χ0v) is 16.0. The van der Waals surface area contributed by atoms with Crippen molar-refractivity contribution >= 4 is 40.1 Å². The summed E-state index contributed by atoms with van der Waals surface area (Å²) >= 11 is 9.10. The summed E-state index contributed by atoms with van der Waals surface area (Å²) in [5.74, 6) is 0.761. The second-order valence-corrected chi connectivity index (χ2v) is 8.29. The highest BCUT2D eigenvalue weighted by molar-refractivity contribution is 7.16. The number of hydrogen-bond acceptors (Lipinski definition) is 5. The van der Waals surface area contributed by atoms with Gasteiger partial charge in [-0.3, -0.25) is 9.89 Å². The average molecular weight is 403 g/mol. The maximum absolute atomic E-state index is 12.8. The summed E-state index contributed by atoms with van der Waals surface area (Å²) in [7, 11) is 0. The highest BCUT2D eigenvalue weighted by atomic mass is 35.5. The lowest BCUT2D eigenvalue weighted by atomic mass is 10.2. The fourth-order valence-electron chi connectivity index (χ4n) is 2.61. The van der Waals surface area contributed by atoms with Crippen LogP contribution in [-0.4, -0.2) is 14.8 Å². The van der Waals surface area contributed by atoms with Crippen molar-refractivity contribution in [2.24, 2.45) is 0 Å². The van der Waals surface area contributed by atoms with Gasteiger partial charge in [0.25, 0.3) is 5.56 Å². The van der Waals surface area contributed by atoms with Crippen molar-refractivity contribution in [3.8, 4) is 11.3 Å². The van der Waals surface area contributed by atoms with Gasteiger partial charge in [-0.25, -0.2) is 0 Å². The number of H-pyrrole nitrogens is 1. The van der Waals surface area contributed by atoms with Gasteiger partial charge in [-0.1, -0.05) is 11.6 Å². The van der Waals surface area contributed by atoms with Gasteiger partial charge in [0, 0.05) is 17.1 Å². The molecule has 4 aromatic heterocycles. The highest BCUT2D eigenvalue weighted by Crippen LogP contribution is 2.23. The molecule has 4 rings (SSSR count). The summed E-state index contributed by atoms with van der Waals surface area (Å²) in [6.07, 6.45) is 1.80. The molecule has 0 unspecified atom stereocenters. The number of halogens is 1. The molecule has 0 fully saturated rings. The van der Waals surface area contributed by atoms with E-state index in [0.29, 0.717) is 24.3 Å². The van der Waals surface area contributed by atoms with E-state index in [-0.39, 0.29) is 5.56 Å². The molecule has 0 saturated heterocycles. The Hall–Kier alpha value is -2.35. The topological polar surface area (TPSA) is 62.7 Å². The molecule has 2 N–H and O–H groups in total. The minimum Gasteiger partial charge on any atom is -0.366 e. The lowest BCUT2D eigenvalue weighted by Crippen LogP contribution is -2.21. The number of pyridine rings is 1. The SMILES string of the molecule is O=c1c(-c2cc(NCc3ccc(Cl)s3)[nH]n2)cccn1Cc1ccsc1. The second-order valence-electron chi connectivity index (χ2n) is 5.71. The van der Waals surface area contributed by atoms with Crippen LogP contribution in [0.25, 0.3) is 11.3 Å². The molecular weight excluding hydrogens is 388 g/mol. The van der Waals surface area contributed by atoms with Crippen molar-refractivity contribution in [1.29, 1.82) is 0 Å². The standard InChI is InChI=1S/C18H15ClN4OS2/c19-16-4-3-13(26-16)9-20-17-8-15(21-22-17)14-2-1-6-23(18(14)24)10-12-5-7-25-11-12/h1-8,11H,9-10H2,(H2,20,21,22). The van der Waals surface area contributed by atoms with Crippen LogP contribution >= 0.6 is 34.3 Å². The van der Waals surface area contributed by atoms with E-state index in [1.54, 1.807) is 28.2 Å². The molecule has 8 heteroatoms. The smallest absolute Gasteiger partial charge is 0.260 e. The summed E-state index contributed by atoms with van der Waals surface area (Å²) in [4.78, 5) is 13.9. The Bertz CT molecular complexity index is 1070. The van der Waals surface area contributed by atoms with Gasteiger partial charge < -0.3 is 9.88 Å². The van der Waals surface area contributed by atoms with Gasteiger partial charge in [-0.05, 0) is 46.7 Å². The first-order valence-corrected chi connectivity index (χ1v) is 10.1. The predicted octanol–water partition coefficient (Wildman–Crippen LogP) is 4.68. The fraction of sp³-hybridized carbons (Fsp3) is 0.111. The first-order chi connectivity index (χ1) is 12.7. The first-order valence-electron chi connectivity index (χ1n) is 7.93. The fourth-order valence-corrected chi connectivity index (χ4v) is 4.30. The van der Waals surface area contributed by atoms with Gasteiger partial charge in [0.2, 0.25) is 0 Å². The minimum atomic E-state index is -0.0539. The van der Waals surface area contributed by atoms with E-state index in [0.717, 1.165) is 20.6 Å². The predicted molar refractivity (Wildman–Crippen MR) is 108 cm³/mol. The molecule has 5 nitrogen and oxygen atoms in total. The van der Waals surface area contributed by atoms with E-state index in [4.69, 9.17) is 11.6 Å². The van der Waals surface area contributed by atoms with Gasteiger partial charge in [0.15, 0.2) is 0 Å². The molecule has 4 aromatic rings. The molecule has 0 amide bonds. The van der Waals surface area contributed by atoms with Crippen LogP contribution < -0.4 is 10.9 Å². The van der Waals surface area contributed by atoms with Crippen LogP contribution in [-0.2, 0) is 13.1 Å². The number of aromatic nitrogens is 3. The summed E-state index contributed by atoms with van der Waals surface area (Å²) in [6, 6.07) is 11.4. The zero-order chi connectivity index (χ0) is 17.9. The summed E-state index contributed by atoms with van der Waals surface area (Å²) in [5, 5.41) is 14.5. The lowest BCUT2D eigenvalue weighted by molar-refractivity contribution is 0.763. The number of aromatic amines is 1. The Morgan fingerprint density at radius 3 is 2.96 bits per heavy atom. The first kappa shape index (κ1) is 17.1. The minimum absolute atomic E-state index is 0.0539. The highest BCUT2D eigenvalue weighted by Gasteiger charge is 2.10. The molecule has 4 heterocycles. The van der Waals surface area contributed by atoms with Crippen LogP contribution in [0.1, 0.15) is 10.4 Å². The van der Waals surface area contributed by atoms with Crippen molar-refractivity contribution < 1.29 is 0 Å². The molecule has 0 spiro atoms. The van der Waals surface area contributed by atoms with Crippen LogP contribution in [0.5, 0.6) is 0 Å². The average Bonchev–Trinajstić information content (AvgIpc) is 3.37. The van der Waals surface area contributed by atoms with E-state index in [2.05, 4.69) is 15.5 Å². The number of hydrogen-bond donors (Lipinski definition) is 2. The Morgan fingerprint density at radius 2 is 2.19 bits per heavy atom. The van der Waals surface area contributed by atoms with Crippen molar-refractivity contribution in [3.05, 3.63) is 78.5 Å². The second kappa shape index (κ2) is 7.49. The summed E-state index contributed by atoms with van der Waals surface area (Å²) < 4.78 is 2.47. The summed E-state index contributed by atoms with van der Waals surface area (Å²) in [5.41, 5.74) is 2.27. The third-order valence-corrected chi connectivity index (χ3v) is 5.85. The molecule has 0 aliphatic carbocycles. The lowest BCUT2D eigenvalue weighted by Gasteiger charge is -2.05. The molecule has 0 aromatic carbocycles. The van der Waals surface area contributed by atoms with E-state index >= 15 is 0 Å². The molecule has 26 heavy (non-hydrogen) atoms. The van der Waals surface area contributed by atoms with Crippen LogP contribution in [0.4, 0.5) is 5.82 Å². The number of nitrogens with one attached hydrogen (secondary N) is 2. The van der Waals surface area contributed by atoms with E-state index in [9.17, 15) is 4.79 Å². The van der Waals surface area contributed by atoms with Gasteiger partial charge in [0.05, 0.1) is 28.7 Å². The molecule has 0 saturated carbocycles. The van der Waals surface area contributed by atoms with Crippen molar-refractivity contribution in [3.63, 3.8) is 0 Å². The zero-order valence-electron chi connectivity index (χ0n) is 13.6. The maximum Gasteiger partial charge on any atom is 0.260 e. The van der Waals surface area contributed by atoms with E-state index in [1.165, 1.54) is 11.3 Å². The van der Waals surface area contributed by atoms with Gasteiger partial charge in [-0.15, -0.1) is 11.3 Å². The Kier molecular flexibility index (Phi) is 4.92. The Balaban J connectivity index is 1.52. The number of anilines is 1. The van der Waals surface area contributed by atoms with Gasteiger partial charge in [-0.2, -0.15) is 16.4 Å². The Morgan fingerprint density at radius 1 is 1.27 bits per heavy atom. The van der Waals surface area contributed by atoms with Crippen molar-refractivity contribution in [2.45, 2.75) is 13.1 Å². The normalized spacial score (nSPS) is 11.0. The van der Waals surface area contributed by atoms with E-state index < -0.39 is 0 Å². The van der Waals surface area contributed by atoms with Crippen molar-refractivity contribution in [1.82, 2.24) is 14.8 Å². The molecule has 132 valence electrons. The molecule has 0 aliphatic rings. The van der Waals surface area contributed by atoms with Crippen molar-refractivity contribution in [2.75, 3.05) is 5.32 Å². The van der Waals surface area contributed by atoms with Crippen LogP contribution in [0, 0.1) is 0 Å². The third kappa shape index (κ3) is 3.75. The molecule has 0 radical (unpaired) electrons. The largest absolute Gasteiger partial charge is 0.366 e. The third-order valence-electron chi connectivity index (χ3n) is 3.89. The number of rotatable bonds is 6. The molecule has 0 atom stereocenters. The number of nitrogens with zero attached hydrogens (tertiary/aromatic N) is 2. The number of thiophene rings is 2. The molecule has 0 bridgehead atoms. The van der Waals surface area contributed by atoms with Crippen LogP contribution in [0.3, 0.4) is 0 Å². The monoisotopic (exact) mass is 402 g/mol. The van der Waals surface area contributed by atoms with Gasteiger partial charge >= 0.3 is 0 Å².